The number of fused-ring (bicyclic) bond motifs is 2. The Labute approximate surface area is 197 Å². The minimum absolute atomic E-state index is 0.158. The van der Waals surface area contributed by atoms with Crippen molar-refractivity contribution in [3.8, 4) is 11.5 Å². The minimum atomic E-state index is -0.305. The molecule has 2 aromatic carbocycles. The van der Waals surface area contributed by atoms with Crippen LogP contribution in [-0.2, 0) is 0 Å². The second-order valence-corrected chi connectivity index (χ2v) is 8.22. The van der Waals surface area contributed by atoms with Crippen LogP contribution in [0.25, 0.3) is 22.2 Å². The van der Waals surface area contributed by atoms with Crippen molar-refractivity contribution < 1.29 is 14.3 Å². The first-order valence-electron chi connectivity index (χ1n) is 11.0. The van der Waals surface area contributed by atoms with E-state index in [1.807, 2.05) is 36.4 Å². The molecule has 0 fully saturated rings. The van der Waals surface area contributed by atoms with E-state index >= 15 is 0 Å². The highest BCUT2D eigenvalue weighted by atomic mass is 16.5. The summed E-state index contributed by atoms with van der Waals surface area (Å²) in [6, 6.07) is 12.9. The Hall–Kier alpha value is -4.14. The topological polar surface area (TPSA) is 117 Å². The molecule has 0 radical (unpaired) electrons. The molecule has 0 unspecified atom stereocenters. The summed E-state index contributed by atoms with van der Waals surface area (Å²) in [5.41, 5.74) is 9.52. The van der Waals surface area contributed by atoms with Gasteiger partial charge in [-0.05, 0) is 36.6 Å². The van der Waals surface area contributed by atoms with E-state index in [2.05, 4.69) is 24.3 Å². The third-order valence-electron chi connectivity index (χ3n) is 5.45. The second-order valence-electron chi connectivity index (χ2n) is 8.22. The van der Waals surface area contributed by atoms with Crippen molar-refractivity contribution in [1.29, 1.82) is 0 Å². The summed E-state index contributed by atoms with van der Waals surface area (Å²) in [6.07, 6.45) is 2.45. The standard InChI is InChI=1S/C25H28N6O3/c1-15(2)12-13-27-25(32)20-21-24(30-18-10-6-5-9-17(18)29-21)31(23(20)26)28-14-16-8-7-11-19(33-3)22(16)34-4/h5-11,14-15H,12-13,26H2,1-4H3,(H,27,32)/b28-14-. The van der Waals surface area contributed by atoms with E-state index < -0.39 is 0 Å². The highest BCUT2D eigenvalue weighted by Gasteiger charge is 2.24. The van der Waals surface area contributed by atoms with Crippen molar-refractivity contribution in [3.63, 3.8) is 0 Å². The Morgan fingerprint density at radius 1 is 1.12 bits per heavy atom. The van der Waals surface area contributed by atoms with Crippen molar-refractivity contribution in [3.05, 3.63) is 53.6 Å². The van der Waals surface area contributed by atoms with Gasteiger partial charge in [0.15, 0.2) is 17.1 Å². The zero-order valence-electron chi connectivity index (χ0n) is 19.7. The van der Waals surface area contributed by atoms with Gasteiger partial charge >= 0.3 is 0 Å². The van der Waals surface area contributed by atoms with Gasteiger partial charge in [-0.2, -0.15) is 9.78 Å². The highest BCUT2D eigenvalue weighted by molar-refractivity contribution is 6.10. The predicted octanol–water partition coefficient (Wildman–Crippen LogP) is 3.84. The lowest BCUT2D eigenvalue weighted by Gasteiger charge is -2.09. The number of benzene rings is 2. The maximum atomic E-state index is 13.1. The van der Waals surface area contributed by atoms with E-state index in [0.717, 1.165) is 6.42 Å². The quantitative estimate of drug-likeness (QED) is 0.386. The highest BCUT2D eigenvalue weighted by Crippen LogP contribution is 2.31. The monoisotopic (exact) mass is 460 g/mol. The zero-order chi connectivity index (χ0) is 24.2. The normalized spacial score (nSPS) is 11.6. The largest absolute Gasteiger partial charge is 0.493 e. The van der Waals surface area contributed by atoms with Crippen LogP contribution in [0.15, 0.2) is 47.6 Å². The van der Waals surface area contributed by atoms with E-state index in [0.29, 0.717) is 51.7 Å². The molecule has 176 valence electrons. The fourth-order valence-corrected chi connectivity index (χ4v) is 3.68. The first-order valence-corrected chi connectivity index (χ1v) is 11.0. The maximum Gasteiger partial charge on any atom is 0.257 e. The summed E-state index contributed by atoms with van der Waals surface area (Å²) in [7, 11) is 3.13. The molecule has 0 bridgehead atoms. The van der Waals surface area contributed by atoms with Crippen LogP contribution in [0.5, 0.6) is 11.5 Å². The van der Waals surface area contributed by atoms with E-state index in [1.165, 1.54) is 4.68 Å². The second kappa shape index (κ2) is 9.78. The summed E-state index contributed by atoms with van der Waals surface area (Å²) < 4.78 is 12.3. The Morgan fingerprint density at radius 3 is 2.53 bits per heavy atom. The van der Waals surface area contributed by atoms with E-state index in [-0.39, 0.29) is 17.3 Å². The average Bonchev–Trinajstić information content (AvgIpc) is 3.10. The molecule has 0 saturated carbocycles. The molecule has 0 atom stereocenters. The van der Waals surface area contributed by atoms with Crippen LogP contribution in [0.4, 0.5) is 5.82 Å². The maximum absolute atomic E-state index is 13.1. The first kappa shape index (κ1) is 23.0. The Morgan fingerprint density at radius 2 is 1.85 bits per heavy atom. The number of aromatic nitrogens is 3. The Bertz CT molecular complexity index is 1380. The summed E-state index contributed by atoms with van der Waals surface area (Å²) in [6.45, 7) is 4.74. The van der Waals surface area contributed by atoms with Crippen molar-refractivity contribution in [2.75, 3.05) is 26.5 Å². The average molecular weight is 461 g/mol. The van der Waals surface area contributed by atoms with Crippen LogP contribution < -0.4 is 20.5 Å². The van der Waals surface area contributed by atoms with Crippen molar-refractivity contribution in [1.82, 2.24) is 20.0 Å². The predicted molar refractivity (Wildman–Crippen MR) is 134 cm³/mol. The lowest BCUT2D eigenvalue weighted by atomic mass is 10.1. The van der Waals surface area contributed by atoms with Gasteiger partial charge in [0.25, 0.3) is 5.91 Å². The molecule has 0 spiro atoms. The summed E-state index contributed by atoms with van der Waals surface area (Å²) >= 11 is 0. The zero-order valence-corrected chi connectivity index (χ0v) is 19.7. The van der Waals surface area contributed by atoms with Crippen molar-refractivity contribution >= 4 is 40.1 Å². The Balaban J connectivity index is 1.85. The number of hydrogen-bond donors (Lipinski definition) is 2. The van der Waals surface area contributed by atoms with Gasteiger partial charge in [0, 0.05) is 12.1 Å². The van der Waals surface area contributed by atoms with Crippen molar-refractivity contribution in [2.45, 2.75) is 20.3 Å². The van der Waals surface area contributed by atoms with Crippen molar-refractivity contribution in [2.24, 2.45) is 11.0 Å². The number of nitrogens with zero attached hydrogens (tertiary/aromatic N) is 4. The molecule has 2 heterocycles. The number of para-hydroxylation sites is 3. The smallest absolute Gasteiger partial charge is 0.257 e. The van der Waals surface area contributed by atoms with Crippen LogP contribution in [0.2, 0.25) is 0 Å². The number of nitrogens with two attached hydrogens (primary N) is 1. The fourth-order valence-electron chi connectivity index (χ4n) is 3.68. The van der Waals surface area contributed by atoms with E-state index in [9.17, 15) is 4.79 Å². The SMILES string of the molecule is COc1cccc(/C=N\n2c(N)c(C(=O)NCCC(C)C)c3nc4ccccc4nc32)c1OC. The number of carbonyl (C=O) groups excluding carboxylic acids is 1. The molecule has 0 aliphatic carbocycles. The van der Waals surface area contributed by atoms with Gasteiger partial charge in [-0.1, -0.05) is 32.0 Å². The van der Waals surface area contributed by atoms with E-state index in [4.69, 9.17) is 25.2 Å². The number of ether oxygens (including phenoxy) is 2. The number of methoxy groups -OCH3 is 2. The number of rotatable bonds is 8. The molecule has 9 nitrogen and oxygen atoms in total. The molecular weight excluding hydrogens is 432 g/mol. The molecule has 0 aliphatic heterocycles. The molecule has 4 rings (SSSR count). The molecule has 0 aliphatic rings. The molecule has 9 heteroatoms. The number of carbonyl (C=O) groups is 1. The number of nitrogen functional groups attached to an aromatic ring is 1. The first-order chi connectivity index (χ1) is 16.4. The Kier molecular flexibility index (Phi) is 6.62. The molecule has 1 amide bonds. The summed E-state index contributed by atoms with van der Waals surface area (Å²) in [5, 5.41) is 7.50. The van der Waals surface area contributed by atoms with Gasteiger partial charge in [-0.25, -0.2) is 9.97 Å². The lowest BCUT2D eigenvalue weighted by Crippen LogP contribution is -2.26. The van der Waals surface area contributed by atoms with Crippen LogP contribution in [-0.4, -0.2) is 47.5 Å². The van der Waals surface area contributed by atoms with Crippen LogP contribution in [0.1, 0.15) is 36.2 Å². The minimum Gasteiger partial charge on any atom is -0.493 e. The number of nitrogens with one attached hydrogen (secondary N) is 1. The third-order valence-corrected chi connectivity index (χ3v) is 5.45. The van der Waals surface area contributed by atoms with Gasteiger partial charge in [0.1, 0.15) is 16.9 Å². The van der Waals surface area contributed by atoms with Crippen LogP contribution in [0.3, 0.4) is 0 Å². The molecule has 0 saturated heterocycles. The van der Waals surface area contributed by atoms with Gasteiger partial charge in [-0.15, -0.1) is 0 Å². The summed E-state index contributed by atoms with van der Waals surface area (Å²) in [4.78, 5) is 22.5. The van der Waals surface area contributed by atoms with Gasteiger partial charge in [0.2, 0.25) is 0 Å². The molecule has 34 heavy (non-hydrogen) atoms. The summed E-state index contributed by atoms with van der Waals surface area (Å²) in [5.74, 6) is 1.43. The number of amides is 1. The third kappa shape index (κ3) is 4.36. The van der Waals surface area contributed by atoms with Gasteiger partial charge in [-0.3, -0.25) is 4.79 Å². The van der Waals surface area contributed by atoms with Crippen LogP contribution >= 0.6 is 0 Å². The molecule has 3 N–H and O–H groups in total. The molecular formula is C25H28N6O3. The molecule has 4 aromatic rings. The fraction of sp³-hybridized carbons (Fsp3) is 0.280. The van der Waals surface area contributed by atoms with Gasteiger partial charge < -0.3 is 20.5 Å². The number of hydrogen-bond acceptors (Lipinski definition) is 7. The number of anilines is 1. The lowest BCUT2D eigenvalue weighted by molar-refractivity contribution is 0.0954. The van der Waals surface area contributed by atoms with Crippen LogP contribution in [0, 0.1) is 5.92 Å². The molecule has 2 aromatic heterocycles. The van der Waals surface area contributed by atoms with E-state index in [1.54, 1.807) is 26.5 Å². The van der Waals surface area contributed by atoms with Gasteiger partial charge in [0.05, 0.1) is 31.5 Å².